The molecule has 0 radical (unpaired) electrons. The van der Waals surface area contributed by atoms with Crippen molar-refractivity contribution in [1.29, 1.82) is 0 Å². The average molecular weight is 290 g/mol. The van der Waals surface area contributed by atoms with Crippen LogP contribution >= 0.6 is 11.3 Å². The van der Waals surface area contributed by atoms with Crippen molar-refractivity contribution in [2.75, 3.05) is 5.32 Å². The number of benzene rings is 1. The summed E-state index contributed by atoms with van der Waals surface area (Å²) in [5, 5.41) is 12.0. The van der Waals surface area contributed by atoms with Crippen LogP contribution in [0.3, 0.4) is 0 Å². The first-order valence-corrected chi connectivity index (χ1v) is 7.29. The first kappa shape index (κ1) is 14.5. The lowest BCUT2D eigenvalue weighted by Gasteiger charge is -2.26. The molecule has 2 aromatic rings. The van der Waals surface area contributed by atoms with Crippen LogP contribution in [0.1, 0.15) is 24.4 Å². The van der Waals surface area contributed by atoms with Gasteiger partial charge in [0.05, 0.1) is 0 Å². The third-order valence-corrected chi connectivity index (χ3v) is 3.57. The SMILES string of the molecule is Cc1nnc(NC(=O)N(Cc2ccccc2)C(C)C)s1. The number of aryl methyl sites for hydroxylation is 1. The van der Waals surface area contributed by atoms with E-state index in [9.17, 15) is 4.79 Å². The Hall–Kier alpha value is -1.95. The minimum atomic E-state index is -0.153. The first-order valence-electron chi connectivity index (χ1n) is 6.48. The first-order chi connectivity index (χ1) is 9.56. The highest BCUT2D eigenvalue weighted by molar-refractivity contribution is 7.15. The van der Waals surface area contributed by atoms with Gasteiger partial charge in [-0.15, -0.1) is 10.2 Å². The van der Waals surface area contributed by atoms with E-state index >= 15 is 0 Å². The molecule has 0 atom stereocenters. The van der Waals surface area contributed by atoms with Gasteiger partial charge >= 0.3 is 6.03 Å². The number of nitrogens with one attached hydrogen (secondary N) is 1. The lowest BCUT2D eigenvalue weighted by molar-refractivity contribution is 0.193. The zero-order valence-corrected chi connectivity index (χ0v) is 12.6. The standard InChI is InChI=1S/C14H18N4OS/c1-10(2)18(9-12-7-5-4-6-8-12)14(19)15-13-17-16-11(3)20-13/h4-8,10H,9H2,1-3H3,(H,15,17,19). The van der Waals surface area contributed by atoms with Gasteiger partial charge in [0.2, 0.25) is 5.13 Å². The Labute approximate surface area is 122 Å². The molecule has 1 aromatic carbocycles. The van der Waals surface area contributed by atoms with E-state index in [1.807, 2.05) is 51.1 Å². The minimum Gasteiger partial charge on any atom is -0.318 e. The fraction of sp³-hybridized carbons (Fsp3) is 0.357. The van der Waals surface area contributed by atoms with E-state index in [1.165, 1.54) is 11.3 Å². The highest BCUT2D eigenvalue weighted by Gasteiger charge is 2.18. The highest BCUT2D eigenvalue weighted by Crippen LogP contribution is 2.16. The number of hydrogen-bond acceptors (Lipinski definition) is 4. The van der Waals surface area contributed by atoms with Gasteiger partial charge in [-0.2, -0.15) is 0 Å². The molecule has 0 bridgehead atoms. The molecule has 0 aliphatic heterocycles. The summed E-state index contributed by atoms with van der Waals surface area (Å²) in [5.74, 6) is 0. The molecule has 0 aliphatic carbocycles. The summed E-state index contributed by atoms with van der Waals surface area (Å²) in [5.41, 5.74) is 1.10. The topological polar surface area (TPSA) is 58.1 Å². The second kappa shape index (κ2) is 6.47. The summed E-state index contributed by atoms with van der Waals surface area (Å²) in [6.07, 6.45) is 0. The van der Waals surface area contributed by atoms with E-state index in [1.54, 1.807) is 4.90 Å². The van der Waals surface area contributed by atoms with Gasteiger partial charge in [0, 0.05) is 12.6 Å². The number of nitrogens with zero attached hydrogens (tertiary/aromatic N) is 3. The fourth-order valence-electron chi connectivity index (χ4n) is 1.78. The molecular weight excluding hydrogens is 272 g/mol. The van der Waals surface area contributed by atoms with E-state index in [0.29, 0.717) is 11.7 Å². The Morgan fingerprint density at radius 3 is 2.55 bits per heavy atom. The van der Waals surface area contributed by atoms with E-state index in [0.717, 1.165) is 10.6 Å². The zero-order chi connectivity index (χ0) is 14.5. The number of urea groups is 1. The predicted octanol–water partition coefficient (Wildman–Crippen LogP) is 3.29. The van der Waals surface area contributed by atoms with Crippen LogP contribution in [-0.2, 0) is 6.54 Å². The van der Waals surface area contributed by atoms with Crippen molar-refractivity contribution in [2.45, 2.75) is 33.4 Å². The molecule has 1 N–H and O–H groups in total. The maximum Gasteiger partial charge on any atom is 0.324 e. The predicted molar refractivity (Wildman–Crippen MR) is 80.8 cm³/mol. The third-order valence-electron chi connectivity index (χ3n) is 2.82. The zero-order valence-electron chi connectivity index (χ0n) is 11.8. The van der Waals surface area contributed by atoms with Crippen LogP contribution < -0.4 is 5.32 Å². The normalized spacial score (nSPS) is 10.6. The van der Waals surface area contributed by atoms with E-state index in [-0.39, 0.29) is 12.1 Å². The molecule has 2 amide bonds. The Morgan fingerprint density at radius 1 is 1.30 bits per heavy atom. The monoisotopic (exact) mass is 290 g/mol. The fourth-order valence-corrected chi connectivity index (χ4v) is 2.36. The Balaban J connectivity index is 2.06. The molecule has 2 rings (SSSR count). The van der Waals surface area contributed by atoms with Crippen molar-refractivity contribution in [3.8, 4) is 0 Å². The van der Waals surface area contributed by atoms with Crippen LogP contribution in [0, 0.1) is 6.92 Å². The molecule has 0 saturated heterocycles. The highest BCUT2D eigenvalue weighted by atomic mass is 32.1. The quantitative estimate of drug-likeness (QED) is 0.940. The number of aromatic nitrogens is 2. The van der Waals surface area contributed by atoms with Gasteiger partial charge in [-0.05, 0) is 26.3 Å². The van der Waals surface area contributed by atoms with Gasteiger partial charge in [0.15, 0.2) is 0 Å². The number of anilines is 1. The van der Waals surface area contributed by atoms with Gasteiger partial charge in [-0.1, -0.05) is 41.7 Å². The molecule has 106 valence electrons. The largest absolute Gasteiger partial charge is 0.324 e. The van der Waals surface area contributed by atoms with E-state index in [2.05, 4.69) is 15.5 Å². The average Bonchev–Trinajstić information content (AvgIpc) is 2.82. The second-order valence-corrected chi connectivity index (χ2v) is 5.95. The van der Waals surface area contributed by atoms with Crippen molar-refractivity contribution in [1.82, 2.24) is 15.1 Å². The summed E-state index contributed by atoms with van der Waals surface area (Å²) < 4.78 is 0. The summed E-state index contributed by atoms with van der Waals surface area (Å²) >= 11 is 1.37. The second-order valence-electron chi connectivity index (χ2n) is 4.76. The van der Waals surface area contributed by atoms with Crippen molar-refractivity contribution < 1.29 is 4.79 Å². The maximum atomic E-state index is 12.3. The van der Waals surface area contributed by atoms with E-state index < -0.39 is 0 Å². The van der Waals surface area contributed by atoms with Crippen LogP contribution in [0.15, 0.2) is 30.3 Å². The van der Waals surface area contributed by atoms with Crippen LogP contribution in [0.2, 0.25) is 0 Å². The smallest absolute Gasteiger partial charge is 0.318 e. The molecule has 6 heteroatoms. The summed E-state index contributed by atoms with van der Waals surface area (Å²) in [6.45, 7) is 6.42. The number of carbonyl (C=O) groups is 1. The number of amides is 2. The molecule has 0 unspecified atom stereocenters. The van der Waals surface area contributed by atoms with Crippen molar-refractivity contribution in [2.24, 2.45) is 0 Å². The van der Waals surface area contributed by atoms with Gasteiger partial charge in [-0.3, -0.25) is 5.32 Å². The Morgan fingerprint density at radius 2 is 2.00 bits per heavy atom. The van der Waals surface area contributed by atoms with Crippen molar-refractivity contribution in [3.63, 3.8) is 0 Å². The molecule has 5 nitrogen and oxygen atoms in total. The lowest BCUT2D eigenvalue weighted by atomic mass is 10.2. The van der Waals surface area contributed by atoms with Crippen LogP contribution in [-0.4, -0.2) is 27.2 Å². The van der Waals surface area contributed by atoms with Gasteiger partial charge in [0.25, 0.3) is 0 Å². The third kappa shape index (κ3) is 3.77. The minimum absolute atomic E-state index is 0.101. The molecule has 0 fully saturated rings. The number of rotatable bonds is 4. The number of hydrogen-bond donors (Lipinski definition) is 1. The van der Waals surface area contributed by atoms with E-state index in [4.69, 9.17) is 0 Å². The van der Waals surface area contributed by atoms with Crippen LogP contribution in [0.4, 0.5) is 9.93 Å². The molecule has 1 aromatic heterocycles. The van der Waals surface area contributed by atoms with Crippen LogP contribution in [0.25, 0.3) is 0 Å². The lowest BCUT2D eigenvalue weighted by Crippen LogP contribution is -2.39. The van der Waals surface area contributed by atoms with Gasteiger partial charge < -0.3 is 4.90 Å². The van der Waals surface area contributed by atoms with Crippen LogP contribution in [0.5, 0.6) is 0 Å². The van der Waals surface area contributed by atoms with Gasteiger partial charge in [0.1, 0.15) is 5.01 Å². The molecule has 0 saturated carbocycles. The maximum absolute atomic E-state index is 12.3. The van der Waals surface area contributed by atoms with Gasteiger partial charge in [-0.25, -0.2) is 4.79 Å². The Bertz CT molecular complexity index is 568. The van der Waals surface area contributed by atoms with Crippen molar-refractivity contribution in [3.05, 3.63) is 40.9 Å². The summed E-state index contributed by atoms with van der Waals surface area (Å²) in [4.78, 5) is 14.1. The summed E-state index contributed by atoms with van der Waals surface area (Å²) in [6, 6.07) is 9.88. The molecule has 1 heterocycles. The van der Waals surface area contributed by atoms with Crippen molar-refractivity contribution >= 4 is 22.5 Å². The molecular formula is C14H18N4OS. The molecule has 0 aliphatic rings. The summed E-state index contributed by atoms with van der Waals surface area (Å²) in [7, 11) is 0. The number of carbonyl (C=O) groups excluding carboxylic acids is 1. The molecule has 0 spiro atoms. The Kier molecular flexibility index (Phi) is 4.68. The molecule has 20 heavy (non-hydrogen) atoms.